The zero-order chi connectivity index (χ0) is 17.5. The third-order valence-corrected chi connectivity index (χ3v) is 3.78. The fraction of sp³-hybridized carbons (Fsp3) is 0.235. The van der Waals surface area contributed by atoms with Crippen LogP contribution >= 0.6 is 27.5 Å². The molecular formula is C17H16BrClO5. The van der Waals surface area contributed by atoms with E-state index in [0.29, 0.717) is 12.4 Å². The number of phenolic OH excluding ortho intramolecular Hbond substituents is 1. The van der Waals surface area contributed by atoms with Crippen LogP contribution in [0.5, 0.6) is 17.2 Å². The Morgan fingerprint density at radius 1 is 1.17 bits per heavy atom. The number of hydrogen-bond acceptors (Lipinski definition) is 5. The van der Waals surface area contributed by atoms with Crippen LogP contribution in [0, 0.1) is 0 Å². The minimum atomic E-state index is -0.572. The van der Waals surface area contributed by atoms with E-state index in [9.17, 15) is 9.90 Å². The SMILES string of the molecule is CCOc1cc(C(=O)OCCOc2ccc(Br)cc2)cc(Cl)c1O. The molecule has 0 aliphatic rings. The van der Waals surface area contributed by atoms with Crippen molar-refractivity contribution in [2.75, 3.05) is 19.8 Å². The highest BCUT2D eigenvalue weighted by atomic mass is 79.9. The molecule has 0 unspecified atom stereocenters. The number of benzene rings is 2. The van der Waals surface area contributed by atoms with E-state index < -0.39 is 5.97 Å². The number of aromatic hydroxyl groups is 1. The highest BCUT2D eigenvalue weighted by Gasteiger charge is 2.15. The Morgan fingerprint density at radius 3 is 2.54 bits per heavy atom. The topological polar surface area (TPSA) is 65.0 Å². The zero-order valence-corrected chi connectivity index (χ0v) is 15.3. The first-order valence-electron chi connectivity index (χ1n) is 7.22. The summed E-state index contributed by atoms with van der Waals surface area (Å²) in [5.41, 5.74) is 0.199. The predicted molar refractivity (Wildman–Crippen MR) is 94.2 cm³/mol. The quantitative estimate of drug-likeness (QED) is 0.535. The van der Waals surface area contributed by atoms with Gasteiger partial charge in [-0.05, 0) is 43.3 Å². The Kier molecular flexibility index (Phi) is 6.75. The zero-order valence-electron chi connectivity index (χ0n) is 12.9. The molecule has 0 fully saturated rings. The monoisotopic (exact) mass is 414 g/mol. The van der Waals surface area contributed by atoms with E-state index in [0.717, 1.165) is 4.47 Å². The standard InChI is InChI=1S/C17H16BrClO5/c1-2-22-15-10-11(9-14(19)16(15)20)17(21)24-8-7-23-13-5-3-12(18)4-6-13/h3-6,9-10,20H,2,7-8H2,1H3. The average Bonchev–Trinajstić information content (AvgIpc) is 2.57. The smallest absolute Gasteiger partial charge is 0.338 e. The molecule has 0 spiro atoms. The molecule has 7 heteroatoms. The summed E-state index contributed by atoms with van der Waals surface area (Å²) in [4.78, 5) is 12.0. The molecule has 0 amide bonds. The highest BCUT2D eigenvalue weighted by Crippen LogP contribution is 2.35. The molecule has 24 heavy (non-hydrogen) atoms. The van der Waals surface area contributed by atoms with Crippen molar-refractivity contribution in [1.29, 1.82) is 0 Å². The van der Waals surface area contributed by atoms with Crippen molar-refractivity contribution >= 4 is 33.5 Å². The number of halogens is 2. The summed E-state index contributed by atoms with van der Waals surface area (Å²) in [6.45, 7) is 2.40. The summed E-state index contributed by atoms with van der Waals surface area (Å²) in [6, 6.07) is 10.0. The van der Waals surface area contributed by atoms with Crippen molar-refractivity contribution in [2.45, 2.75) is 6.92 Å². The van der Waals surface area contributed by atoms with Gasteiger partial charge in [0.25, 0.3) is 0 Å². The van der Waals surface area contributed by atoms with Crippen LogP contribution < -0.4 is 9.47 Å². The Bertz CT molecular complexity index is 703. The fourth-order valence-corrected chi connectivity index (χ4v) is 2.34. The van der Waals surface area contributed by atoms with Crippen LogP contribution in [-0.4, -0.2) is 30.9 Å². The average molecular weight is 416 g/mol. The first-order valence-corrected chi connectivity index (χ1v) is 8.39. The van der Waals surface area contributed by atoms with Gasteiger partial charge in [0, 0.05) is 4.47 Å². The van der Waals surface area contributed by atoms with Gasteiger partial charge in [0.05, 0.1) is 17.2 Å². The molecule has 0 radical (unpaired) electrons. The number of hydrogen-bond donors (Lipinski definition) is 1. The van der Waals surface area contributed by atoms with Gasteiger partial charge in [0.1, 0.15) is 19.0 Å². The molecule has 2 aromatic carbocycles. The maximum absolute atomic E-state index is 12.0. The summed E-state index contributed by atoms with van der Waals surface area (Å²) in [5, 5.41) is 9.79. The molecule has 128 valence electrons. The second-order valence-electron chi connectivity index (χ2n) is 4.68. The van der Waals surface area contributed by atoms with Gasteiger partial charge in [-0.15, -0.1) is 0 Å². The van der Waals surface area contributed by atoms with Crippen LogP contribution in [0.2, 0.25) is 5.02 Å². The molecule has 0 aromatic heterocycles. The van der Waals surface area contributed by atoms with E-state index in [1.165, 1.54) is 12.1 Å². The predicted octanol–water partition coefficient (Wildman–Crippen LogP) is 4.44. The molecule has 0 aliphatic carbocycles. The van der Waals surface area contributed by atoms with Gasteiger partial charge in [-0.3, -0.25) is 0 Å². The van der Waals surface area contributed by atoms with Gasteiger partial charge >= 0.3 is 5.97 Å². The molecule has 0 saturated carbocycles. The van der Waals surface area contributed by atoms with E-state index in [2.05, 4.69) is 15.9 Å². The number of phenols is 1. The van der Waals surface area contributed by atoms with E-state index in [1.807, 2.05) is 12.1 Å². The molecule has 2 rings (SSSR count). The van der Waals surface area contributed by atoms with Crippen molar-refractivity contribution in [1.82, 2.24) is 0 Å². The van der Waals surface area contributed by atoms with Crippen LogP contribution in [0.3, 0.4) is 0 Å². The molecule has 2 aromatic rings. The summed E-state index contributed by atoms with van der Waals surface area (Å²) in [6.07, 6.45) is 0. The fourth-order valence-electron chi connectivity index (χ4n) is 1.87. The Balaban J connectivity index is 1.89. The third kappa shape index (κ3) is 5.04. The van der Waals surface area contributed by atoms with Crippen molar-refractivity contribution in [3.63, 3.8) is 0 Å². The molecule has 5 nitrogen and oxygen atoms in total. The van der Waals surface area contributed by atoms with E-state index >= 15 is 0 Å². The summed E-state index contributed by atoms with van der Waals surface area (Å²) in [5.74, 6) is 0.0505. The van der Waals surface area contributed by atoms with Gasteiger partial charge in [0.2, 0.25) is 0 Å². The van der Waals surface area contributed by atoms with Crippen molar-refractivity contribution < 1.29 is 24.1 Å². The summed E-state index contributed by atoms with van der Waals surface area (Å²) >= 11 is 9.22. The van der Waals surface area contributed by atoms with Crippen LogP contribution in [0.25, 0.3) is 0 Å². The first kappa shape index (κ1) is 18.4. The van der Waals surface area contributed by atoms with Crippen LogP contribution in [0.1, 0.15) is 17.3 Å². The lowest BCUT2D eigenvalue weighted by molar-refractivity contribution is 0.0450. The van der Waals surface area contributed by atoms with Crippen molar-refractivity contribution in [3.8, 4) is 17.2 Å². The van der Waals surface area contributed by atoms with Gasteiger partial charge in [-0.25, -0.2) is 4.79 Å². The second-order valence-corrected chi connectivity index (χ2v) is 6.00. The Hall–Kier alpha value is -1.92. The summed E-state index contributed by atoms with van der Waals surface area (Å²) < 4.78 is 16.8. The molecular weight excluding hydrogens is 400 g/mol. The lowest BCUT2D eigenvalue weighted by Gasteiger charge is -2.11. The third-order valence-electron chi connectivity index (χ3n) is 2.96. The van der Waals surface area contributed by atoms with E-state index in [4.69, 9.17) is 25.8 Å². The second kappa shape index (κ2) is 8.80. The van der Waals surface area contributed by atoms with Crippen LogP contribution in [0.4, 0.5) is 0 Å². The number of rotatable bonds is 7. The van der Waals surface area contributed by atoms with E-state index in [-0.39, 0.29) is 35.3 Å². The molecule has 0 atom stereocenters. The number of carbonyl (C=O) groups is 1. The molecule has 0 aliphatic heterocycles. The van der Waals surface area contributed by atoms with Crippen molar-refractivity contribution in [3.05, 3.63) is 51.5 Å². The van der Waals surface area contributed by atoms with Gasteiger partial charge in [-0.1, -0.05) is 27.5 Å². The molecule has 0 saturated heterocycles. The van der Waals surface area contributed by atoms with Crippen molar-refractivity contribution in [2.24, 2.45) is 0 Å². The normalized spacial score (nSPS) is 10.3. The minimum Gasteiger partial charge on any atom is -0.503 e. The van der Waals surface area contributed by atoms with Gasteiger partial charge < -0.3 is 19.3 Å². The number of carbonyl (C=O) groups excluding carboxylic acids is 1. The maximum Gasteiger partial charge on any atom is 0.338 e. The number of ether oxygens (including phenoxy) is 3. The lowest BCUT2D eigenvalue weighted by atomic mass is 10.2. The maximum atomic E-state index is 12.0. The lowest BCUT2D eigenvalue weighted by Crippen LogP contribution is -2.12. The minimum absolute atomic E-state index is 0.0269. The largest absolute Gasteiger partial charge is 0.503 e. The number of esters is 1. The molecule has 0 bridgehead atoms. The summed E-state index contributed by atoms with van der Waals surface area (Å²) in [7, 11) is 0. The van der Waals surface area contributed by atoms with Gasteiger partial charge in [-0.2, -0.15) is 0 Å². The highest BCUT2D eigenvalue weighted by molar-refractivity contribution is 9.10. The molecule has 1 N–H and O–H groups in total. The Morgan fingerprint density at radius 2 is 1.88 bits per heavy atom. The van der Waals surface area contributed by atoms with Crippen LogP contribution in [0.15, 0.2) is 40.9 Å². The first-order chi connectivity index (χ1) is 11.5. The van der Waals surface area contributed by atoms with Crippen LogP contribution in [-0.2, 0) is 4.74 Å². The van der Waals surface area contributed by atoms with E-state index in [1.54, 1.807) is 19.1 Å². The molecule has 0 heterocycles. The Labute approximate surface area is 153 Å². The van der Waals surface area contributed by atoms with Gasteiger partial charge in [0.15, 0.2) is 11.5 Å².